The van der Waals surface area contributed by atoms with Crippen LogP contribution in [0.15, 0.2) is 45.6 Å². The van der Waals surface area contributed by atoms with Crippen molar-refractivity contribution in [1.29, 1.82) is 0 Å². The Bertz CT molecular complexity index is 926. The van der Waals surface area contributed by atoms with Gasteiger partial charge in [0.1, 0.15) is 5.76 Å². The van der Waals surface area contributed by atoms with Crippen LogP contribution < -0.4 is 4.90 Å². The summed E-state index contributed by atoms with van der Waals surface area (Å²) in [5.41, 5.74) is 2.32. The standard InChI is InChI=1S/C22H26N4O2/c1-16-6-10-26(11-7-16)21-5-4-18(28-21)15-25-9-8-19-17(14-25)13-23-22(24-19)20-3-2-12-27-20/h2-5,12-13,16H,6-11,14-15H2,1H3. The maximum Gasteiger partial charge on any atom is 0.195 e. The predicted octanol–water partition coefficient (Wildman–Crippen LogP) is 4.12. The van der Waals surface area contributed by atoms with E-state index in [1.165, 1.54) is 18.4 Å². The minimum atomic E-state index is 0.670. The average molecular weight is 378 g/mol. The zero-order chi connectivity index (χ0) is 18.9. The van der Waals surface area contributed by atoms with Gasteiger partial charge in [-0.2, -0.15) is 0 Å². The largest absolute Gasteiger partial charge is 0.461 e. The summed E-state index contributed by atoms with van der Waals surface area (Å²) in [6.45, 7) is 7.18. The number of hydrogen-bond donors (Lipinski definition) is 0. The Balaban J connectivity index is 1.23. The van der Waals surface area contributed by atoms with Crippen molar-refractivity contribution in [3.8, 4) is 11.6 Å². The number of anilines is 1. The number of hydrogen-bond acceptors (Lipinski definition) is 6. The maximum absolute atomic E-state index is 6.16. The Morgan fingerprint density at radius 3 is 2.86 bits per heavy atom. The Morgan fingerprint density at radius 2 is 2.04 bits per heavy atom. The second kappa shape index (κ2) is 7.43. The lowest BCUT2D eigenvalue weighted by molar-refractivity contribution is 0.223. The molecule has 5 heterocycles. The summed E-state index contributed by atoms with van der Waals surface area (Å²) in [7, 11) is 0. The first kappa shape index (κ1) is 17.5. The molecule has 146 valence electrons. The van der Waals surface area contributed by atoms with Gasteiger partial charge >= 0.3 is 0 Å². The van der Waals surface area contributed by atoms with Crippen LogP contribution >= 0.6 is 0 Å². The van der Waals surface area contributed by atoms with E-state index in [4.69, 9.17) is 13.8 Å². The van der Waals surface area contributed by atoms with E-state index in [1.54, 1.807) is 6.26 Å². The van der Waals surface area contributed by atoms with E-state index >= 15 is 0 Å². The molecule has 1 fully saturated rings. The van der Waals surface area contributed by atoms with Crippen LogP contribution in [-0.4, -0.2) is 34.5 Å². The van der Waals surface area contributed by atoms with Crippen molar-refractivity contribution >= 4 is 5.88 Å². The van der Waals surface area contributed by atoms with E-state index in [9.17, 15) is 0 Å². The van der Waals surface area contributed by atoms with Crippen LogP contribution in [0.3, 0.4) is 0 Å². The molecule has 0 saturated carbocycles. The van der Waals surface area contributed by atoms with E-state index < -0.39 is 0 Å². The van der Waals surface area contributed by atoms with Gasteiger partial charge in [0.25, 0.3) is 0 Å². The molecular weight excluding hydrogens is 352 g/mol. The van der Waals surface area contributed by atoms with Gasteiger partial charge in [0.15, 0.2) is 17.5 Å². The zero-order valence-corrected chi connectivity index (χ0v) is 16.3. The highest BCUT2D eigenvalue weighted by Gasteiger charge is 2.22. The van der Waals surface area contributed by atoms with Gasteiger partial charge in [0.05, 0.1) is 18.5 Å². The molecule has 5 rings (SSSR count). The highest BCUT2D eigenvalue weighted by Crippen LogP contribution is 2.27. The van der Waals surface area contributed by atoms with E-state index in [1.807, 2.05) is 18.3 Å². The molecule has 3 aromatic rings. The number of fused-ring (bicyclic) bond motifs is 1. The van der Waals surface area contributed by atoms with Crippen LogP contribution in [0.25, 0.3) is 11.6 Å². The first-order valence-corrected chi connectivity index (χ1v) is 10.2. The van der Waals surface area contributed by atoms with E-state index in [0.29, 0.717) is 5.82 Å². The molecule has 28 heavy (non-hydrogen) atoms. The predicted molar refractivity (Wildman–Crippen MR) is 107 cm³/mol. The lowest BCUT2D eigenvalue weighted by Crippen LogP contribution is -2.32. The quantitative estimate of drug-likeness (QED) is 0.680. The zero-order valence-electron chi connectivity index (χ0n) is 16.3. The van der Waals surface area contributed by atoms with Crippen LogP contribution in [0.5, 0.6) is 0 Å². The summed E-state index contributed by atoms with van der Waals surface area (Å²) in [5, 5.41) is 0. The lowest BCUT2D eigenvalue weighted by Gasteiger charge is -2.30. The van der Waals surface area contributed by atoms with Gasteiger partial charge in [0, 0.05) is 50.4 Å². The second-order valence-corrected chi connectivity index (χ2v) is 8.01. The molecule has 0 unspecified atom stereocenters. The van der Waals surface area contributed by atoms with Crippen molar-refractivity contribution in [1.82, 2.24) is 14.9 Å². The monoisotopic (exact) mass is 378 g/mol. The van der Waals surface area contributed by atoms with Crippen molar-refractivity contribution in [2.75, 3.05) is 24.5 Å². The van der Waals surface area contributed by atoms with Gasteiger partial charge in [-0.05, 0) is 37.0 Å². The van der Waals surface area contributed by atoms with Gasteiger partial charge in [-0.15, -0.1) is 0 Å². The highest BCUT2D eigenvalue weighted by molar-refractivity contribution is 5.47. The van der Waals surface area contributed by atoms with Crippen LogP contribution in [0.1, 0.15) is 36.8 Å². The van der Waals surface area contributed by atoms with Crippen molar-refractivity contribution in [2.45, 2.75) is 39.3 Å². The molecule has 0 amide bonds. The molecule has 0 N–H and O–H groups in total. The van der Waals surface area contributed by atoms with E-state index in [0.717, 1.165) is 68.2 Å². The molecule has 6 heteroatoms. The molecule has 0 aliphatic carbocycles. The fraction of sp³-hybridized carbons (Fsp3) is 0.455. The van der Waals surface area contributed by atoms with Crippen molar-refractivity contribution < 1.29 is 8.83 Å². The number of rotatable bonds is 4. The van der Waals surface area contributed by atoms with Gasteiger partial charge in [-0.25, -0.2) is 9.97 Å². The fourth-order valence-electron chi connectivity index (χ4n) is 4.10. The molecule has 0 aromatic carbocycles. The first-order valence-electron chi connectivity index (χ1n) is 10.2. The summed E-state index contributed by atoms with van der Waals surface area (Å²) in [6.07, 6.45) is 7.01. The number of aromatic nitrogens is 2. The number of nitrogens with zero attached hydrogens (tertiary/aromatic N) is 4. The van der Waals surface area contributed by atoms with Crippen LogP contribution in [0, 0.1) is 5.92 Å². The SMILES string of the molecule is CC1CCN(c2ccc(CN3CCc4nc(-c5ccco5)ncc4C3)o2)CC1. The molecule has 6 nitrogen and oxygen atoms in total. The van der Waals surface area contributed by atoms with Gasteiger partial charge < -0.3 is 13.7 Å². The minimum Gasteiger partial charge on any atom is -0.461 e. The lowest BCUT2D eigenvalue weighted by atomic mass is 9.99. The smallest absolute Gasteiger partial charge is 0.195 e. The molecule has 0 spiro atoms. The van der Waals surface area contributed by atoms with Gasteiger partial charge in [-0.3, -0.25) is 4.90 Å². The topological polar surface area (TPSA) is 58.5 Å². The summed E-state index contributed by atoms with van der Waals surface area (Å²) >= 11 is 0. The Labute approximate surface area is 165 Å². The third-order valence-corrected chi connectivity index (χ3v) is 5.88. The molecule has 0 radical (unpaired) electrons. The van der Waals surface area contributed by atoms with Crippen molar-refractivity contribution in [3.63, 3.8) is 0 Å². The fourth-order valence-corrected chi connectivity index (χ4v) is 4.10. The Kier molecular flexibility index (Phi) is 4.64. The van der Waals surface area contributed by atoms with Crippen LogP contribution in [-0.2, 0) is 19.5 Å². The number of furan rings is 2. The van der Waals surface area contributed by atoms with Gasteiger partial charge in [-0.1, -0.05) is 6.92 Å². The normalized spacial score (nSPS) is 18.4. The molecule has 3 aromatic heterocycles. The summed E-state index contributed by atoms with van der Waals surface area (Å²) in [4.78, 5) is 14.0. The molecule has 2 aliphatic heterocycles. The van der Waals surface area contributed by atoms with Gasteiger partial charge in [0.2, 0.25) is 0 Å². The van der Waals surface area contributed by atoms with Crippen molar-refractivity contribution in [3.05, 3.63) is 53.7 Å². The minimum absolute atomic E-state index is 0.670. The maximum atomic E-state index is 6.16. The molecular formula is C22H26N4O2. The summed E-state index contributed by atoms with van der Waals surface area (Å²) in [6, 6.07) is 8.01. The third kappa shape index (κ3) is 3.56. The molecule has 2 aliphatic rings. The molecule has 0 atom stereocenters. The van der Waals surface area contributed by atoms with Crippen molar-refractivity contribution in [2.24, 2.45) is 5.92 Å². The summed E-state index contributed by atoms with van der Waals surface area (Å²) < 4.78 is 11.6. The Morgan fingerprint density at radius 1 is 1.14 bits per heavy atom. The first-order chi connectivity index (χ1) is 13.7. The van der Waals surface area contributed by atoms with E-state index in [-0.39, 0.29) is 0 Å². The van der Waals surface area contributed by atoms with Crippen LogP contribution in [0.4, 0.5) is 5.88 Å². The molecule has 1 saturated heterocycles. The Hall–Kier alpha value is -2.60. The van der Waals surface area contributed by atoms with Crippen LogP contribution in [0.2, 0.25) is 0 Å². The average Bonchev–Trinajstić information content (AvgIpc) is 3.41. The molecule has 0 bridgehead atoms. The third-order valence-electron chi connectivity index (χ3n) is 5.88. The highest BCUT2D eigenvalue weighted by atomic mass is 16.4. The summed E-state index contributed by atoms with van der Waals surface area (Å²) in [5.74, 6) is 4.27. The second-order valence-electron chi connectivity index (χ2n) is 8.01. The van der Waals surface area contributed by atoms with E-state index in [2.05, 4.69) is 33.8 Å². The number of piperidine rings is 1.